The van der Waals surface area contributed by atoms with E-state index in [0.717, 1.165) is 11.7 Å². The molecule has 0 aliphatic carbocycles. The van der Waals surface area contributed by atoms with Gasteiger partial charge in [-0.15, -0.1) is 0 Å². The van der Waals surface area contributed by atoms with Gasteiger partial charge in [0.05, 0.1) is 13.0 Å². The molecule has 1 aromatic heterocycles. The number of nitrogens with zero attached hydrogens (tertiary/aromatic N) is 2. The molecule has 1 aromatic rings. The van der Waals surface area contributed by atoms with Crippen LogP contribution in [0.25, 0.3) is 0 Å². The Balaban J connectivity index is 3.05. The average Bonchev–Trinajstić information content (AvgIpc) is 2.14. The van der Waals surface area contributed by atoms with Crippen molar-refractivity contribution < 1.29 is 9.09 Å². The highest BCUT2D eigenvalue weighted by atomic mass is 16.5. The summed E-state index contributed by atoms with van der Waals surface area (Å²) >= 11 is 0. The van der Waals surface area contributed by atoms with E-state index in [1.165, 1.54) is 0 Å². The van der Waals surface area contributed by atoms with Gasteiger partial charge < -0.3 is 0 Å². The Morgan fingerprint density at radius 2 is 2.10 bits per heavy atom. The van der Waals surface area contributed by atoms with Crippen LogP contribution in [-0.4, -0.2) is 5.16 Å². The second-order valence-corrected chi connectivity index (χ2v) is 2.77. The lowest BCUT2D eigenvalue weighted by Crippen LogP contribution is -2.34. The Bertz CT molecular complexity index is 228. The summed E-state index contributed by atoms with van der Waals surface area (Å²) in [6, 6.07) is 0. The van der Waals surface area contributed by atoms with Gasteiger partial charge in [0.1, 0.15) is 0 Å². The van der Waals surface area contributed by atoms with E-state index in [1.54, 1.807) is 0 Å². The molecule has 3 heteroatoms. The van der Waals surface area contributed by atoms with E-state index in [9.17, 15) is 0 Å². The van der Waals surface area contributed by atoms with Gasteiger partial charge in [-0.1, -0.05) is 13.8 Å². The highest BCUT2D eigenvalue weighted by molar-refractivity contribution is 4.79. The third kappa shape index (κ3) is 1.03. The molecule has 1 heterocycles. The third-order valence-corrected chi connectivity index (χ3v) is 1.60. The highest BCUT2D eigenvalue weighted by Crippen LogP contribution is 2.05. The molecular weight excluding hydrogens is 128 g/mol. The fourth-order valence-corrected chi connectivity index (χ4v) is 0.889. The minimum atomic E-state index is 0.433. The minimum Gasteiger partial charge on any atom is -0.218 e. The maximum atomic E-state index is 4.97. The summed E-state index contributed by atoms with van der Waals surface area (Å²) < 4.78 is 6.93. The lowest BCUT2D eigenvalue weighted by atomic mass is 10.2. The van der Waals surface area contributed by atoms with Crippen LogP contribution in [0.4, 0.5) is 0 Å². The quantitative estimate of drug-likeness (QED) is 0.544. The van der Waals surface area contributed by atoms with Crippen LogP contribution in [0.15, 0.2) is 4.52 Å². The van der Waals surface area contributed by atoms with E-state index in [4.69, 9.17) is 4.52 Å². The van der Waals surface area contributed by atoms with Gasteiger partial charge >= 0.3 is 11.7 Å². The predicted octanol–water partition coefficient (Wildman–Crippen LogP) is 0.931. The van der Waals surface area contributed by atoms with Gasteiger partial charge in [-0.3, -0.25) is 0 Å². The summed E-state index contributed by atoms with van der Waals surface area (Å²) in [6.07, 6.45) is 0. The Morgan fingerprint density at radius 1 is 1.50 bits per heavy atom. The molecule has 0 spiro atoms. The topological polar surface area (TPSA) is 29.9 Å². The summed E-state index contributed by atoms with van der Waals surface area (Å²) in [5.41, 5.74) is 0. The van der Waals surface area contributed by atoms with Gasteiger partial charge in [0.25, 0.3) is 0 Å². The van der Waals surface area contributed by atoms with Crippen LogP contribution in [0.3, 0.4) is 0 Å². The molecule has 10 heavy (non-hydrogen) atoms. The van der Waals surface area contributed by atoms with Crippen molar-refractivity contribution in [3.05, 3.63) is 11.7 Å². The first-order valence-corrected chi connectivity index (χ1v) is 3.45. The van der Waals surface area contributed by atoms with Gasteiger partial charge in [0, 0.05) is 6.92 Å². The van der Waals surface area contributed by atoms with Crippen molar-refractivity contribution in [2.24, 2.45) is 7.05 Å². The van der Waals surface area contributed by atoms with Crippen LogP contribution < -0.4 is 4.57 Å². The molecule has 0 fully saturated rings. The zero-order chi connectivity index (χ0) is 7.72. The third-order valence-electron chi connectivity index (χ3n) is 1.60. The Hall–Kier alpha value is -0.860. The zero-order valence-corrected chi connectivity index (χ0v) is 6.88. The average molecular weight is 141 g/mol. The second kappa shape index (κ2) is 2.40. The lowest BCUT2D eigenvalue weighted by molar-refractivity contribution is -0.690. The number of rotatable bonds is 1. The first kappa shape index (κ1) is 7.25. The summed E-state index contributed by atoms with van der Waals surface area (Å²) in [6.45, 7) is 6.09. The Morgan fingerprint density at radius 3 is 2.30 bits per heavy atom. The van der Waals surface area contributed by atoms with Crippen molar-refractivity contribution in [2.45, 2.75) is 26.7 Å². The molecule has 0 saturated carbocycles. The summed E-state index contributed by atoms with van der Waals surface area (Å²) in [4.78, 5) is 0. The molecule has 0 aliphatic rings. The number of hydrogen-bond donors (Lipinski definition) is 0. The largest absolute Gasteiger partial charge is 0.351 e. The summed E-state index contributed by atoms with van der Waals surface area (Å²) in [7, 11) is 1.96. The number of hydrogen-bond acceptors (Lipinski definition) is 2. The van der Waals surface area contributed by atoms with E-state index in [-0.39, 0.29) is 0 Å². The molecule has 0 saturated heterocycles. The summed E-state index contributed by atoms with van der Waals surface area (Å²) in [5, 5.41) is 3.90. The lowest BCUT2D eigenvalue weighted by Gasteiger charge is -1.91. The van der Waals surface area contributed by atoms with Crippen LogP contribution in [0, 0.1) is 6.92 Å². The van der Waals surface area contributed by atoms with Crippen molar-refractivity contribution in [3.8, 4) is 0 Å². The van der Waals surface area contributed by atoms with E-state index in [1.807, 2.05) is 18.5 Å². The van der Waals surface area contributed by atoms with Gasteiger partial charge in [-0.25, -0.2) is 4.52 Å². The van der Waals surface area contributed by atoms with Crippen molar-refractivity contribution in [1.82, 2.24) is 5.16 Å². The Kier molecular flexibility index (Phi) is 1.74. The molecule has 0 atom stereocenters. The first-order chi connectivity index (χ1) is 4.63. The zero-order valence-electron chi connectivity index (χ0n) is 6.88. The predicted molar refractivity (Wildman–Crippen MR) is 36.5 cm³/mol. The smallest absolute Gasteiger partial charge is 0.218 e. The van der Waals surface area contributed by atoms with Gasteiger partial charge in [0.15, 0.2) is 5.16 Å². The molecule has 0 unspecified atom stereocenters. The molecule has 3 nitrogen and oxygen atoms in total. The first-order valence-electron chi connectivity index (χ1n) is 3.45. The van der Waals surface area contributed by atoms with Gasteiger partial charge in [0.2, 0.25) is 0 Å². The maximum absolute atomic E-state index is 4.97. The summed E-state index contributed by atoms with van der Waals surface area (Å²) in [5.74, 6) is 2.28. The fraction of sp³-hybridized carbons (Fsp3) is 0.714. The van der Waals surface area contributed by atoms with Crippen LogP contribution in [0.5, 0.6) is 0 Å². The van der Waals surface area contributed by atoms with Crippen LogP contribution in [0.1, 0.15) is 31.5 Å². The van der Waals surface area contributed by atoms with E-state index >= 15 is 0 Å². The molecule has 1 rings (SSSR count). The van der Waals surface area contributed by atoms with Gasteiger partial charge in [-0.05, 0) is 0 Å². The monoisotopic (exact) mass is 141 g/mol. The molecule has 0 bridgehead atoms. The van der Waals surface area contributed by atoms with E-state index < -0.39 is 0 Å². The molecule has 0 radical (unpaired) electrons. The van der Waals surface area contributed by atoms with Crippen molar-refractivity contribution in [2.75, 3.05) is 0 Å². The minimum absolute atomic E-state index is 0.433. The standard InChI is InChI=1S/C7H13N2O/c1-5(2)7-8-10-6(3)9(7)4/h5H,1-4H3/q+1. The highest BCUT2D eigenvalue weighted by Gasteiger charge is 2.20. The maximum Gasteiger partial charge on any atom is 0.351 e. The van der Waals surface area contributed by atoms with Crippen LogP contribution in [-0.2, 0) is 7.05 Å². The van der Waals surface area contributed by atoms with Crippen molar-refractivity contribution in [1.29, 1.82) is 0 Å². The molecule has 0 aromatic carbocycles. The fourth-order valence-electron chi connectivity index (χ4n) is 0.889. The number of aromatic nitrogens is 2. The van der Waals surface area contributed by atoms with Crippen LogP contribution in [0.2, 0.25) is 0 Å². The van der Waals surface area contributed by atoms with E-state index in [0.29, 0.717) is 5.92 Å². The molecule has 0 N–H and O–H groups in total. The van der Waals surface area contributed by atoms with Crippen LogP contribution >= 0.6 is 0 Å². The number of aryl methyl sites for hydroxylation is 1. The SMILES string of the molecule is Cc1onc(C(C)C)[n+]1C. The molecule has 0 amide bonds. The Labute approximate surface area is 60.7 Å². The molecule has 0 aliphatic heterocycles. The van der Waals surface area contributed by atoms with Crippen molar-refractivity contribution >= 4 is 0 Å². The normalized spacial score (nSPS) is 10.9. The second-order valence-electron chi connectivity index (χ2n) is 2.77. The van der Waals surface area contributed by atoms with E-state index in [2.05, 4.69) is 19.0 Å². The van der Waals surface area contributed by atoms with Crippen molar-refractivity contribution in [3.63, 3.8) is 0 Å². The molecule has 56 valence electrons. The molecular formula is C7H13N2O+. The van der Waals surface area contributed by atoms with Gasteiger partial charge in [-0.2, -0.15) is 4.57 Å².